The molecule has 1 aromatic rings. The molecule has 1 heterocycles. The monoisotopic (exact) mass is 444 g/mol. The summed E-state index contributed by atoms with van der Waals surface area (Å²) in [5, 5.41) is 6.25. The van der Waals surface area contributed by atoms with E-state index in [4.69, 9.17) is 0 Å². The molecule has 0 aromatic heterocycles. The quantitative estimate of drug-likeness (QED) is 0.427. The van der Waals surface area contributed by atoms with Crippen LogP contribution in [0.5, 0.6) is 0 Å². The van der Waals surface area contributed by atoms with Crippen molar-refractivity contribution in [1.82, 2.24) is 10.2 Å². The summed E-state index contributed by atoms with van der Waals surface area (Å²) in [7, 11) is 1.83. The maximum absolute atomic E-state index is 11.2. The van der Waals surface area contributed by atoms with Crippen molar-refractivity contribution in [3.63, 3.8) is 0 Å². The molecule has 1 aromatic carbocycles. The average molecular weight is 444 g/mol. The lowest BCUT2D eigenvalue weighted by atomic mass is 9.92. The molecular weight excluding hydrogens is 415 g/mol. The Balaban J connectivity index is 0.00000288. The SMILES string of the molecule is CN=C(NCc1cccc(NC(C)=O)c1)N1CC(C)CC(C)C1.I. The summed E-state index contributed by atoms with van der Waals surface area (Å²) >= 11 is 0. The number of guanidine groups is 1. The van der Waals surface area contributed by atoms with Crippen molar-refractivity contribution in [2.75, 3.05) is 25.5 Å². The lowest BCUT2D eigenvalue weighted by molar-refractivity contribution is -0.114. The number of carbonyl (C=O) groups excluding carboxylic acids is 1. The van der Waals surface area contributed by atoms with E-state index in [9.17, 15) is 4.79 Å². The van der Waals surface area contributed by atoms with E-state index in [1.165, 1.54) is 13.3 Å². The van der Waals surface area contributed by atoms with Crippen LogP contribution >= 0.6 is 24.0 Å². The van der Waals surface area contributed by atoms with E-state index in [2.05, 4.69) is 34.4 Å². The lowest BCUT2D eigenvalue weighted by Crippen LogP contribution is -2.48. The number of nitrogens with zero attached hydrogens (tertiary/aromatic N) is 2. The lowest BCUT2D eigenvalue weighted by Gasteiger charge is -2.37. The molecule has 0 spiro atoms. The standard InChI is InChI=1S/C18H28N4O.HI/c1-13-8-14(2)12-22(11-13)18(19-4)20-10-16-6-5-7-17(9-16)21-15(3)23;/h5-7,9,13-14H,8,10-12H2,1-4H3,(H,19,20)(H,21,23);1H. The molecular formula is C18H29IN4O. The number of hydrogen-bond donors (Lipinski definition) is 2. The van der Waals surface area contributed by atoms with E-state index in [1.54, 1.807) is 0 Å². The second-order valence-electron chi connectivity index (χ2n) is 6.63. The number of amides is 1. The van der Waals surface area contributed by atoms with Gasteiger partial charge in [0, 0.05) is 39.3 Å². The molecule has 1 saturated heterocycles. The summed E-state index contributed by atoms with van der Waals surface area (Å²) in [5.74, 6) is 2.29. The number of hydrogen-bond acceptors (Lipinski definition) is 2. The van der Waals surface area contributed by atoms with E-state index in [1.807, 2.05) is 31.3 Å². The number of aliphatic imine (C=N–C) groups is 1. The summed E-state index contributed by atoms with van der Waals surface area (Å²) in [6.45, 7) is 8.91. The Labute approximate surface area is 162 Å². The van der Waals surface area contributed by atoms with Crippen molar-refractivity contribution < 1.29 is 4.79 Å². The van der Waals surface area contributed by atoms with Gasteiger partial charge in [-0.05, 0) is 36.0 Å². The summed E-state index contributed by atoms with van der Waals surface area (Å²) in [5.41, 5.74) is 1.95. The highest BCUT2D eigenvalue weighted by Gasteiger charge is 2.23. The van der Waals surface area contributed by atoms with E-state index < -0.39 is 0 Å². The molecule has 6 heteroatoms. The number of rotatable bonds is 3. The van der Waals surface area contributed by atoms with Gasteiger partial charge < -0.3 is 15.5 Å². The van der Waals surface area contributed by atoms with Crippen LogP contribution in [0.25, 0.3) is 0 Å². The Kier molecular flexibility index (Phi) is 8.52. The first-order valence-corrected chi connectivity index (χ1v) is 8.30. The van der Waals surface area contributed by atoms with Crippen molar-refractivity contribution in [3.05, 3.63) is 29.8 Å². The molecule has 0 aliphatic carbocycles. The summed E-state index contributed by atoms with van der Waals surface area (Å²) < 4.78 is 0. The van der Waals surface area contributed by atoms with Crippen LogP contribution in [0, 0.1) is 11.8 Å². The molecule has 0 bridgehead atoms. The van der Waals surface area contributed by atoms with Crippen LogP contribution in [-0.2, 0) is 11.3 Å². The molecule has 1 aliphatic heterocycles. The third-order valence-electron chi connectivity index (χ3n) is 4.08. The first-order valence-electron chi connectivity index (χ1n) is 8.30. The molecule has 24 heavy (non-hydrogen) atoms. The Hall–Kier alpha value is -1.31. The van der Waals surface area contributed by atoms with Crippen molar-refractivity contribution >= 4 is 41.5 Å². The van der Waals surface area contributed by atoms with E-state index in [0.29, 0.717) is 18.4 Å². The first-order chi connectivity index (χ1) is 11.0. The predicted octanol–water partition coefficient (Wildman–Crippen LogP) is 3.32. The molecule has 134 valence electrons. The molecule has 1 fully saturated rings. The van der Waals surface area contributed by atoms with E-state index in [0.717, 1.165) is 30.3 Å². The van der Waals surface area contributed by atoms with Crippen molar-refractivity contribution in [3.8, 4) is 0 Å². The minimum absolute atomic E-state index is 0. The molecule has 5 nitrogen and oxygen atoms in total. The topological polar surface area (TPSA) is 56.7 Å². The zero-order chi connectivity index (χ0) is 16.8. The minimum Gasteiger partial charge on any atom is -0.352 e. The summed E-state index contributed by atoms with van der Waals surface area (Å²) in [6, 6.07) is 7.89. The normalized spacial score (nSPS) is 21.0. The van der Waals surface area contributed by atoms with E-state index >= 15 is 0 Å². The average Bonchev–Trinajstić information content (AvgIpc) is 2.46. The van der Waals surface area contributed by atoms with Gasteiger partial charge in [0.05, 0.1) is 0 Å². The van der Waals surface area contributed by atoms with Crippen LogP contribution in [0.4, 0.5) is 5.69 Å². The molecule has 1 aliphatic rings. The molecule has 2 rings (SSSR count). The number of halogens is 1. The van der Waals surface area contributed by atoms with Gasteiger partial charge in [-0.2, -0.15) is 0 Å². The number of likely N-dealkylation sites (tertiary alicyclic amines) is 1. The van der Waals surface area contributed by atoms with Crippen LogP contribution < -0.4 is 10.6 Å². The zero-order valence-electron chi connectivity index (χ0n) is 15.0. The maximum atomic E-state index is 11.2. The van der Waals surface area contributed by atoms with Gasteiger partial charge in [0.15, 0.2) is 5.96 Å². The smallest absolute Gasteiger partial charge is 0.221 e. The molecule has 2 N–H and O–H groups in total. The van der Waals surface area contributed by atoms with Crippen molar-refractivity contribution in [2.24, 2.45) is 16.8 Å². The Morgan fingerprint density at radius 3 is 2.54 bits per heavy atom. The molecule has 0 radical (unpaired) electrons. The third-order valence-corrected chi connectivity index (χ3v) is 4.08. The second-order valence-corrected chi connectivity index (χ2v) is 6.63. The number of benzene rings is 1. The second kappa shape index (κ2) is 9.86. The highest BCUT2D eigenvalue weighted by atomic mass is 127. The zero-order valence-corrected chi connectivity index (χ0v) is 17.3. The van der Waals surface area contributed by atoms with E-state index in [-0.39, 0.29) is 29.9 Å². The van der Waals surface area contributed by atoms with Gasteiger partial charge in [-0.15, -0.1) is 24.0 Å². The minimum atomic E-state index is -0.0535. The van der Waals surface area contributed by atoms with Crippen LogP contribution in [0.15, 0.2) is 29.3 Å². The molecule has 1 amide bonds. The maximum Gasteiger partial charge on any atom is 0.221 e. The number of piperidine rings is 1. The van der Waals surface area contributed by atoms with Gasteiger partial charge in [-0.3, -0.25) is 9.79 Å². The number of anilines is 1. The Morgan fingerprint density at radius 2 is 1.96 bits per heavy atom. The van der Waals surface area contributed by atoms with Gasteiger partial charge in [-0.1, -0.05) is 26.0 Å². The van der Waals surface area contributed by atoms with Gasteiger partial charge in [-0.25, -0.2) is 0 Å². The fourth-order valence-electron chi connectivity index (χ4n) is 3.31. The molecule has 2 unspecified atom stereocenters. The Morgan fingerprint density at radius 1 is 1.29 bits per heavy atom. The third kappa shape index (κ3) is 6.30. The van der Waals surface area contributed by atoms with Crippen molar-refractivity contribution in [1.29, 1.82) is 0 Å². The van der Waals surface area contributed by atoms with Gasteiger partial charge in [0.2, 0.25) is 5.91 Å². The van der Waals surface area contributed by atoms with Gasteiger partial charge >= 0.3 is 0 Å². The summed E-state index contributed by atoms with van der Waals surface area (Å²) in [6.07, 6.45) is 1.28. The largest absolute Gasteiger partial charge is 0.352 e. The fraction of sp³-hybridized carbons (Fsp3) is 0.556. The van der Waals surface area contributed by atoms with Crippen molar-refractivity contribution in [2.45, 2.75) is 33.7 Å². The number of nitrogens with one attached hydrogen (secondary N) is 2. The molecule has 2 atom stereocenters. The highest BCUT2D eigenvalue weighted by Crippen LogP contribution is 2.21. The Bertz CT molecular complexity index is 566. The van der Waals surface area contributed by atoms with Crippen LogP contribution in [0.1, 0.15) is 32.8 Å². The first kappa shape index (κ1) is 20.7. The fourth-order valence-corrected chi connectivity index (χ4v) is 3.31. The summed E-state index contributed by atoms with van der Waals surface area (Å²) in [4.78, 5) is 17.9. The van der Waals surface area contributed by atoms with Gasteiger partial charge in [0.1, 0.15) is 0 Å². The predicted molar refractivity (Wildman–Crippen MR) is 111 cm³/mol. The van der Waals surface area contributed by atoms with Crippen LogP contribution in [-0.4, -0.2) is 36.9 Å². The number of carbonyl (C=O) groups is 1. The van der Waals surface area contributed by atoms with Crippen LogP contribution in [0.3, 0.4) is 0 Å². The van der Waals surface area contributed by atoms with Crippen LogP contribution in [0.2, 0.25) is 0 Å². The highest BCUT2D eigenvalue weighted by molar-refractivity contribution is 14.0. The molecule has 0 saturated carbocycles. The van der Waals surface area contributed by atoms with Gasteiger partial charge in [0.25, 0.3) is 0 Å².